The van der Waals surface area contributed by atoms with Crippen molar-refractivity contribution in [3.8, 4) is 11.4 Å². The second kappa shape index (κ2) is 9.32. The molecule has 2 aromatic rings. The Morgan fingerprint density at radius 1 is 1.21 bits per heavy atom. The second-order valence-corrected chi connectivity index (χ2v) is 8.53. The molecule has 0 aliphatic heterocycles. The molecule has 0 spiro atoms. The zero-order valence-electron chi connectivity index (χ0n) is 19.2. The number of aromatic hydroxyl groups is 1. The molecular formula is C24H28F2N3O3P. The SMILES string of the molecule is C=C(c1c(C(N)=O)c(N)n(-c2c(C)ccc(O)c2C)c1C(=C/C)/C(C)=C\C(C)=O)C(F)(F)P. The van der Waals surface area contributed by atoms with Gasteiger partial charge in [-0.1, -0.05) is 28.0 Å². The number of hydrogen-bond donors (Lipinski definition) is 3. The van der Waals surface area contributed by atoms with Gasteiger partial charge in [0.05, 0.1) is 16.9 Å². The number of aromatic nitrogens is 1. The lowest BCUT2D eigenvalue weighted by molar-refractivity contribution is -0.112. The van der Waals surface area contributed by atoms with Crippen molar-refractivity contribution < 1.29 is 23.5 Å². The van der Waals surface area contributed by atoms with Gasteiger partial charge in [-0.15, -0.1) is 0 Å². The van der Waals surface area contributed by atoms with E-state index in [4.69, 9.17) is 11.5 Å². The van der Waals surface area contributed by atoms with E-state index >= 15 is 0 Å². The highest BCUT2D eigenvalue weighted by molar-refractivity contribution is 7.19. The first-order valence-corrected chi connectivity index (χ1v) is 10.6. The minimum absolute atomic E-state index is 0.0509. The number of nitrogens with two attached hydrogens (primary N) is 2. The van der Waals surface area contributed by atoms with Gasteiger partial charge in [-0.05, 0) is 63.5 Å². The van der Waals surface area contributed by atoms with Crippen molar-refractivity contribution >= 4 is 37.9 Å². The van der Waals surface area contributed by atoms with Crippen molar-refractivity contribution in [2.45, 2.75) is 40.3 Å². The molecule has 0 radical (unpaired) electrons. The van der Waals surface area contributed by atoms with E-state index in [1.807, 2.05) is 0 Å². The number of ketones is 1. The standard InChI is InChI=1S/C24H28F2N3O3P/c1-7-16(12(3)10-13(4)30)21-18(15(6)24(25,26)33)19(23(28)32)22(27)29(21)20-11(2)8-9-17(31)14(20)5/h7-10,31H,6,27,33H2,1-5H3,(H2,28,32)/b12-10-,16-7+. The third kappa shape index (κ3) is 4.76. The zero-order chi connectivity index (χ0) is 25.4. The molecule has 0 saturated carbocycles. The highest BCUT2D eigenvalue weighted by Crippen LogP contribution is 2.47. The lowest BCUT2D eigenvalue weighted by Gasteiger charge is -2.22. The number of allylic oxidation sites excluding steroid dienone is 5. The summed E-state index contributed by atoms with van der Waals surface area (Å²) in [6.07, 6.45) is 2.97. The molecule has 6 nitrogen and oxygen atoms in total. The molecule has 1 atom stereocenters. The minimum atomic E-state index is -3.49. The van der Waals surface area contributed by atoms with Gasteiger partial charge in [-0.3, -0.25) is 14.2 Å². The summed E-state index contributed by atoms with van der Waals surface area (Å²) in [6, 6.07) is 3.13. The number of phenols is 1. The van der Waals surface area contributed by atoms with Crippen LogP contribution >= 0.6 is 9.24 Å². The first kappa shape index (κ1) is 26.0. The Morgan fingerprint density at radius 2 is 1.79 bits per heavy atom. The van der Waals surface area contributed by atoms with E-state index in [1.165, 1.54) is 32.9 Å². The molecule has 2 rings (SSSR count). The molecule has 33 heavy (non-hydrogen) atoms. The number of nitrogen functional groups attached to an aromatic ring is 1. The van der Waals surface area contributed by atoms with Crippen molar-refractivity contribution in [2.24, 2.45) is 5.73 Å². The number of benzene rings is 1. The summed E-state index contributed by atoms with van der Waals surface area (Å²) in [6.45, 7) is 11.6. The number of rotatable bonds is 7. The van der Waals surface area contributed by atoms with Crippen LogP contribution in [-0.4, -0.2) is 27.0 Å². The van der Waals surface area contributed by atoms with Crippen molar-refractivity contribution in [3.63, 3.8) is 0 Å². The molecule has 0 aliphatic rings. The van der Waals surface area contributed by atoms with Crippen LogP contribution in [0.15, 0.2) is 36.4 Å². The normalized spacial score (nSPS) is 12.7. The van der Waals surface area contributed by atoms with Crippen LogP contribution in [0.3, 0.4) is 0 Å². The van der Waals surface area contributed by atoms with Crippen molar-refractivity contribution in [3.05, 3.63) is 64.4 Å². The zero-order valence-corrected chi connectivity index (χ0v) is 20.4. The van der Waals surface area contributed by atoms with Gasteiger partial charge in [0.2, 0.25) is 0 Å². The number of carbonyl (C=O) groups excluding carboxylic acids is 2. The summed E-state index contributed by atoms with van der Waals surface area (Å²) in [5.41, 5.74) is 9.64. The predicted octanol–water partition coefficient (Wildman–Crippen LogP) is 4.90. The third-order valence-electron chi connectivity index (χ3n) is 5.37. The summed E-state index contributed by atoms with van der Waals surface area (Å²) in [4.78, 5) is 24.3. The van der Waals surface area contributed by atoms with Crippen LogP contribution < -0.4 is 11.5 Å². The molecule has 1 aromatic carbocycles. The molecule has 1 unspecified atom stereocenters. The number of hydrogen-bond acceptors (Lipinski definition) is 4. The van der Waals surface area contributed by atoms with Crippen LogP contribution in [0, 0.1) is 13.8 Å². The molecule has 1 heterocycles. The maximum atomic E-state index is 14.5. The summed E-state index contributed by atoms with van der Waals surface area (Å²) in [5.74, 6) is -1.51. The quantitative estimate of drug-likeness (QED) is 0.300. The van der Waals surface area contributed by atoms with Gasteiger partial charge in [-0.2, -0.15) is 8.78 Å². The van der Waals surface area contributed by atoms with Crippen molar-refractivity contribution in [1.29, 1.82) is 0 Å². The van der Waals surface area contributed by atoms with Gasteiger partial charge < -0.3 is 16.6 Å². The number of nitrogens with zero attached hydrogens (tertiary/aromatic N) is 1. The molecule has 9 heteroatoms. The molecule has 0 bridgehead atoms. The average molecular weight is 475 g/mol. The Labute approximate surface area is 193 Å². The van der Waals surface area contributed by atoms with Crippen LogP contribution in [0.2, 0.25) is 0 Å². The molecular weight excluding hydrogens is 447 g/mol. The molecule has 5 N–H and O–H groups in total. The Kier molecular flexibility index (Phi) is 7.34. The predicted molar refractivity (Wildman–Crippen MR) is 132 cm³/mol. The minimum Gasteiger partial charge on any atom is -0.508 e. The van der Waals surface area contributed by atoms with E-state index in [1.54, 1.807) is 39.8 Å². The van der Waals surface area contributed by atoms with Crippen LogP contribution in [-0.2, 0) is 4.79 Å². The molecule has 0 saturated heterocycles. The average Bonchev–Trinajstić information content (AvgIpc) is 2.97. The topological polar surface area (TPSA) is 111 Å². The van der Waals surface area contributed by atoms with Gasteiger partial charge in [-0.25, -0.2) is 0 Å². The van der Waals surface area contributed by atoms with E-state index in [0.29, 0.717) is 28.0 Å². The van der Waals surface area contributed by atoms with Gasteiger partial charge in [0.1, 0.15) is 11.6 Å². The van der Waals surface area contributed by atoms with Crippen LogP contribution in [0.4, 0.5) is 14.6 Å². The number of primary amides is 1. The number of phenolic OH excluding ortho intramolecular Hbond substituents is 1. The lowest BCUT2D eigenvalue weighted by Crippen LogP contribution is -2.17. The summed E-state index contributed by atoms with van der Waals surface area (Å²) in [7, 11) is 1.40. The Bertz CT molecular complexity index is 1230. The summed E-state index contributed by atoms with van der Waals surface area (Å²) < 4.78 is 30.4. The highest BCUT2D eigenvalue weighted by Gasteiger charge is 2.37. The Balaban J connectivity index is 3.26. The van der Waals surface area contributed by atoms with Crippen molar-refractivity contribution in [2.75, 3.05) is 5.73 Å². The number of halogens is 2. The Hall–Kier alpha value is -3.25. The molecule has 1 aromatic heterocycles. The largest absolute Gasteiger partial charge is 0.508 e. The second-order valence-electron chi connectivity index (χ2n) is 7.80. The number of carbonyl (C=O) groups is 2. The number of aryl methyl sites for hydroxylation is 1. The van der Waals surface area contributed by atoms with E-state index in [9.17, 15) is 23.5 Å². The van der Waals surface area contributed by atoms with Crippen LogP contribution in [0.1, 0.15) is 53.5 Å². The molecule has 176 valence electrons. The number of amides is 1. The number of anilines is 1. The first-order valence-electron chi connectivity index (χ1n) is 10.0. The van der Waals surface area contributed by atoms with Crippen LogP contribution in [0.5, 0.6) is 5.75 Å². The van der Waals surface area contributed by atoms with E-state index < -0.39 is 17.1 Å². The first-order chi connectivity index (χ1) is 15.1. The third-order valence-corrected chi connectivity index (χ3v) is 5.72. The summed E-state index contributed by atoms with van der Waals surface area (Å²) in [5, 5.41) is 10.4. The smallest absolute Gasteiger partial charge is 0.283 e. The fourth-order valence-corrected chi connectivity index (χ4v) is 4.03. The maximum Gasteiger partial charge on any atom is 0.283 e. The maximum absolute atomic E-state index is 14.5. The Morgan fingerprint density at radius 3 is 2.24 bits per heavy atom. The van der Waals surface area contributed by atoms with Crippen molar-refractivity contribution in [1.82, 2.24) is 4.57 Å². The fourth-order valence-electron chi connectivity index (χ4n) is 3.89. The van der Waals surface area contributed by atoms with Gasteiger partial charge >= 0.3 is 0 Å². The monoisotopic (exact) mass is 475 g/mol. The number of alkyl halides is 2. The molecule has 0 aliphatic carbocycles. The van der Waals surface area contributed by atoms with E-state index in [0.717, 1.165) is 0 Å². The van der Waals surface area contributed by atoms with E-state index in [-0.39, 0.29) is 34.2 Å². The molecule has 0 fully saturated rings. The van der Waals surface area contributed by atoms with Gasteiger partial charge in [0, 0.05) is 16.7 Å². The van der Waals surface area contributed by atoms with Crippen LogP contribution in [0.25, 0.3) is 16.8 Å². The fraction of sp³-hybridized carbons (Fsp3) is 0.250. The van der Waals surface area contributed by atoms with Gasteiger partial charge in [0.15, 0.2) is 5.78 Å². The summed E-state index contributed by atoms with van der Waals surface area (Å²) >= 11 is 0. The van der Waals surface area contributed by atoms with E-state index in [2.05, 4.69) is 6.58 Å². The highest BCUT2D eigenvalue weighted by atomic mass is 31.0. The van der Waals surface area contributed by atoms with Gasteiger partial charge in [0.25, 0.3) is 11.6 Å². The molecule has 1 amide bonds. The lowest BCUT2D eigenvalue weighted by atomic mass is 9.93.